The number of carbonyl (C=O) groups is 1. The van der Waals surface area contributed by atoms with E-state index in [0.717, 1.165) is 0 Å². The first-order chi connectivity index (χ1) is 5.66. The van der Waals surface area contributed by atoms with E-state index in [4.69, 9.17) is 0 Å². The number of rotatable bonds is 2. The summed E-state index contributed by atoms with van der Waals surface area (Å²) in [7, 11) is 0. The standard InChI is InChI=1S/C7H8FNO3/c1-3-11-7(10)5-4(2)9-12-6(5)8/h3H2,1-2H3. The molecule has 1 aromatic rings. The quantitative estimate of drug-likeness (QED) is 0.632. The van der Waals surface area contributed by atoms with Crippen LogP contribution < -0.4 is 0 Å². The Labute approximate surface area is 68.3 Å². The van der Waals surface area contributed by atoms with Gasteiger partial charge < -0.3 is 9.26 Å². The third-order valence-corrected chi connectivity index (χ3v) is 1.30. The van der Waals surface area contributed by atoms with Crippen LogP contribution in [0.1, 0.15) is 23.0 Å². The minimum Gasteiger partial charge on any atom is -0.462 e. The van der Waals surface area contributed by atoms with E-state index in [1.54, 1.807) is 6.92 Å². The number of hydrogen-bond donors (Lipinski definition) is 0. The molecule has 1 heterocycles. The van der Waals surface area contributed by atoms with Crippen molar-refractivity contribution in [3.63, 3.8) is 0 Å². The zero-order chi connectivity index (χ0) is 9.14. The Hall–Kier alpha value is -1.39. The van der Waals surface area contributed by atoms with Crippen LogP contribution in [-0.2, 0) is 4.74 Å². The molecule has 0 spiro atoms. The van der Waals surface area contributed by atoms with Gasteiger partial charge in [-0.05, 0) is 13.8 Å². The van der Waals surface area contributed by atoms with E-state index >= 15 is 0 Å². The molecule has 5 heteroatoms. The lowest BCUT2D eigenvalue weighted by Gasteiger charge is -1.97. The van der Waals surface area contributed by atoms with Gasteiger partial charge in [0.1, 0.15) is 0 Å². The molecule has 0 N–H and O–H groups in total. The van der Waals surface area contributed by atoms with Crippen LogP contribution >= 0.6 is 0 Å². The molecule has 1 rings (SSSR count). The molecule has 1 aromatic heterocycles. The van der Waals surface area contributed by atoms with E-state index in [0.29, 0.717) is 0 Å². The Bertz CT molecular complexity index is 275. The molecule has 66 valence electrons. The molecule has 0 radical (unpaired) electrons. The Morgan fingerprint density at radius 2 is 2.42 bits per heavy atom. The van der Waals surface area contributed by atoms with Gasteiger partial charge in [0.15, 0.2) is 5.56 Å². The maximum atomic E-state index is 12.7. The van der Waals surface area contributed by atoms with Crippen molar-refractivity contribution in [3.8, 4) is 0 Å². The number of carbonyl (C=O) groups excluding carboxylic acids is 1. The molecule has 0 aliphatic carbocycles. The minimum atomic E-state index is -0.994. The fourth-order valence-corrected chi connectivity index (χ4v) is 0.773. The molecule has 0 aromatic carbocycles. The molecule has 0 aliphatic rings. The van der Waals surface area contributed by atoms with Gasteiger partial charge >= 0.3 is 12.0 Å². The summed E-state index contributed by atoms with van der Waals surface area (Å²) >= 11 is 0. The van der Waals surface area contributed by atoms with Gasteiger partial charge in [-0.25, -0.2) is 4.79 Å². The highest BCUT2D eigenvalue weighted by Gasteiger charge is 2.21. The number of aromatic nitrogens is 1. The number of ether oxygens (including phenoxy) is 1. The number of hydrogen-bond acceptors (Lipinski definition) is 4. The first kappa shape index (κ1) is 8.70. The van der Waals surface area contributed by atoms with E-state index in [2.05, 4.69) is 14.4 Å². The van der Waals surface area contributed by atoms with Gasteiger partial charge in [0, 0.05) is 0 Å². The maximum absolute atomic E-state index is 12.7. The molecule has 0 aliphatic heterocycles. The Balaban J connectivity index is 2.93. The highest BCUT2D eigenvalue weighted by molar-refractivity contribution is 5.90. The van der Waals surface area contributed by atoms with Gasteiger partial charge in [-0.3, -0.25) is 0 Å². The second-order valence-electron chi connectivity index (χ2n) is 2.14. The zero-order valence-electron chi connectivity index (χ0n) is 6.76. The zero-order valence-corrected chi connectivity index (χ0v) is 6.76. The summed E-state index contributed by atoms with van der Waals surface area (Å²) in [4.78, 5) is 11.0. The predicted molar refractivity (Wildman–Crippen MR) is 37.2 cm³/mol. The van der Waals surface area contributed by atoms with Crippen LogP contribution in [0, 0.1) is 12.9 Å². The summed E-state index contributed by atoms with van der Waals surface area (Å²) in [6, 6.07) is -0.994. The lowest BCUT2D eigenvalue weighted by Crippen LogP contribution is -2.06. The predicted octanol–water partition coefficient (Wildman–Crippen LogP) is 1.30. The Morgan fingerprint density at radius 3 is 2.83 bits per heavy atom. The number of esters is 1. The van der Waals surface area contributed by atoms with Gasteiger partial charge in [-0.15, -0.1) is 0 Å². The van der Waals surface area contributed by atoms with Crippen LogP contribution in [0.4, 0.5) is 4.39 Å². The summed E-state index contributed by atoms with van der Waals surface area (Å²) in [5, 5.41) is 3.27. The molecule has 0 amide bonds. The number of nitrogens with zero attached hydrogens (tertiary/aromatic N) is 1. The van der Waals surface area contributed by atoms with Crippen LogP contribution in [0.15, 0.2) is 4.52 Å². The molecule has 0 saturated carbocycles. The summed E-state index contributed by atoms with van der Waals surface area (Å²) in [6.45, 7) is 3.31. The van der Waals surface area contributed by atoms with Crippen LogP contribution in [0.5, 0.6) is 0 Å². The third-order valence-electron chi connectivity index (χ3n) is 1.30. The van der Waals surface area contributed by atoms with Crippen molar-refractivity contribution in [1.29, 1.82) is 0 Å². The lowest BCUT2D eigenvalue weighted by atomic mass is 10.3. The Morgan fingerprint density at radius 1 is 1.75 bits per heavy atom. The van der Waals surface area contributed by atoms with E-state index in [-0.39, 0.29) is 17.9 Å². The molecule has 0 atom stereocenters. The van der Waals surface area contributed by atoms with Gasteiger partial charge in [0.25, 0.3) is 0 Å². The number of aryl methyl sites for hydroxylation is 1. The van der Waals surface area contributed by atoms with Crippen molar-refractivity contribution in [2.75, 3.05) is 6.61 Å². The maximum Gasteiger partial charge on any atom is 0.346 e. The highest BCUT2D eigenvalue weighted by atomic mass is 19.1. The fraction of sp³-hybridized carbons (Fsp3) is 0.429. The number of halogens is 1. The molecule has 0 bridgehead atoms. The second kappa shape index (κ2) is 3.34. The Kier molecular flexibility index (Phi) is 2.42. The largest absolute Gasteiger partial charge is 0.462 e. The van der Waals surface area contributed by atoms with E-state index < -0.39 is 12.0 Å². The highest BCUT2D eigenvalue weighted by Crippen LogP contribution is 2.12. The molecule has 4 nitrogen and oxygen atoms in total. The van der Waals surface area contributed by atoms with E-state index in [1.807, 2.05) is 0 Å². The molecular weight excluding hydrogens is 165 g/mol. The third kappa shape index (κ3) is 1.44. The van der Waals surface area contributed by atoms with Crippen molar-refractivity contribution in [1.82, 2.24) is 5.16 Å². The van der Waals surface area contributed by atoms with Crippen molar-refractivity contribution >= 4 is 5.97 Å². The van der Waals surface area contributed by atoms with Crippen LogP contribution in [0.25, 0.3) is 0 Å². The summed E-state index contributed by atoms with van der Waals surface area (Å²) < 4.78 is 21.4. The van der Waals surface area contributed by atoms with Crippen LogP contribution in [-0.4, -0.2) is 17.7 Å². The second-order valence-corrected chi connectivity index (χ2v) is 2.14. The average molecular weight is 173 g/mol. The first-order valence-corrected chi connectivity index (χ1v) is 3.45. The topological polar surface area (TPSA) is 52.3 Å². The van der Waals surface area contributed by atoms with Crippen molar-refractivity contribution in [3.05, 3.63) is 17.3 Å². The molecule has 12 heavy (non-hydrogen) atoms. The summed E-state index contributed by atoms with van der Waals surface area (Å²) in [5.74, 6) is -0.742. The molecule has 0 saturated heterocycles. The van der Waals surface area contributed by atoms with E-state index in [9.17, 15) is 9.18 Å². The monoisotopic (exact) mass is 173 g/mol. The first-order valence-electron chi connectivity index (χ1n) is 3.45. The summed E-state index contributed by atoms with van der Waals surface area (Å²) in [5.41, 5.74) is -0.0252. The lowest BCUT2D eigenvalue weighted by molar-refractivity contribution is 0.0516. The SMILES string of the molecule is CCOC(=O)c1c(C)noc1F. The minimum absolute atomic E-state index is 0.197. The average Bonchev–Trinajstić information content (AvgIpc) is 2.32. The van der Waals surface area contributed by atoms with E-state index in [1.165, 1.54) is 6.92 Å². The molecular formula is C7H8FNO3. The van der Waals surface area contributed by atoms with Crippen molar-refractivity contribution in [2.24, 2.45) is 0 Å². The van der Waals surface area contributed by atoms with Crippen molar-refractivity contribution in [2.45, 2.75) is 13.8 Å². The summed E-state index contributed by atoms with van der Waals surface area (Å²) in [6.07, 6.45) is 0. The van der Waals surface area contributed by atoms with Crippen LogP contribution in [0.3, 0.4) is 0 Å². The molecule has 0 unspecified atom stereocenters. The van der Waals surface area contributed by atoms with Crippen LogP contribution in [0.2, 0.25) is 0 Å². The van der Waals surface area contributed by atoms with Gasteiger partial charge in [-0.1, -0.05) is 5.16 Å². The normalized spacial score (nSPS) is 9.92. The molecule has 0 fully saturated rings. The smallest absolute Gasteiger partial charge is 0.346 e. The van der Waals surface area contributed by atoms with Gasteiger partial charge in [0.05, 0.1) is 12.3 Å². The van der Waals surface area contributed by atoms with Crippen molar-refractivity contribution < 1.29 is 18.4 Å². The van der Waals surface area contributed by atoms with Gasteiger partial charge in [-0.2, -0.15) is 4.39 Å². The van der Waals surface area contributed by atoms with Gasteiger partial charge in [0.2, 0.25) is 0 Å². The fourth-order valence-electron chi connectivity index (χ4n) is 0.773.